The van der Waals surface area contributed by atoms with Crippen LogP contribution in [0.15, 0.2) is 60.9 Å². The Balaban J connectivity index is 1.80. The van der Waals surface area contributed by atoms with Gasteiger partial charge in [0.1, 0.15) is 12.0 Å². The number of nitrogens with one attached hydrogen (secondary N) is 1. The van der Waals surface area contributed by atoms with E-state index in [-0.39, 0.29) is 11.7 Å². The van der Waals surface area contributed by atoms with Gasteiger partial charge in [-0.1, -0.05) is 41.9 Å². The monoisotopic (exact) mass is 377 g/mol. The molecule has 0 radical (unpaired) electrons. The largest absolute Gasteiger partial charge is 0.367 e. The molecule has 1 aliphatic heterocycles. The molecule has 0 spiro atoms. The molecule has 1 atom stereocenters. The van der Waals surface area contributed by atoms with Crippen LogP contribution in [0, 0.1) is 10.1 Å². The van der Waals surface area contributed by atoms with Crippen LogP contribution in [0.25, 0.3) is 16.7 Å². The van der Waals surface area contributed by atoms with E-state index in [4.69, 9.17) is 11.6 Å². The van der Waals surface area contributed by atoms with Crippen molar-refractivity contribution in [2.24, 2.45) is 0 Å². The number of hydrogen-bond donors (Lipinski definition) is 1. The van der Waals surface area contributed by atoms with Crippen molar-refractivity contribution in [3.63, 3.8) is 0 Å². The molecule has 8 heteroatoms. The van der Waals surface area contributed by atoms with Crippen molar-refractivity contribution in [2.45, 2.75) is 6.04 Å². The maximum absolute atomic E-state index is 11.2. The number of nitro groups is 1. The van der Waals surface area contributed by atoms with Crippen LogP contribution in [-0.2, 0) is 0 Å². The molecule has 0 aliphatic carbocycles. The maximum atomic E-state index is 11.2. The summed E-state index contributed by atoms with van der Waals surface area (Å²) in [6.45, 7) is 0. The molecule has 0 bridgehead atoms. The van der Waals surface area contributed by atoms with Crippen LogP contribution >= 0.6 is 11.6 Å². The topological polar surface area (TPSA) is 85.9 Å². The average Bonchev–Trinajstić information content (AvgIpc) is 3.08. The van der Waals surface area contributed by atoms with Crippen molar-refractivity contribution < 1.29 is 4.92 Å². The Hall–Kier alpha value is -3.45. The van der Waals surface area contributed by atoms with E-state index in [9.17, 15) is 10.1 Å². The minimum absolute atomic E-state index is 0.0400. The lowest BCUT2D eigenvalue weighted by Crippen LogP contribution is -2.23. The van der Waals surface area contributed by atoms with Crippen molar-refractivity contribution in [1.29, 1.82) is 0 Å². The predicted molar refractivity (Wildman–Crippen MR) is 102 cm³/mol. The number of para-hydroxylation sites is 1. The fourth-order valence-corrected chi connectivity index (χ4v) is 3.75. The van der Waals surface area contributed by atoms with E-state index in [1.165, 1.54) is 12.4 Å². The molecule has 2 aromatic carbocycles. The molecular formula is C19H12ClN5O2. The van der Waals surface area contributed by atoms with Crippen LogP contribution in [0.1, 0.15) is 17.3 Å². The summed E-state index contributed by atoms with van der Waals surface area (Å²) in [7, 11) is 0. The molecule has 1 aliphatic rings. The third-order valence-corrected chi connectivity index (χ3v) is 5.02. The molecule has 27 heavy (non-hydrogen) atoms. The predicted octanol–water partition coefficient (Wildman–Crippen LogP) is 4.50. The zero-order valence-corrected chi connectivity index (χ0v) is 14.6. The fourth-order valence-electron chi connectivity index (χ4n) is 3.56. The van der Waals surface area contributed by atoms with Crippen molar-refractivity contribution in [2.75, 3.05) is 5.32 Å². The Morgan fingerprint density at radius 2 is 1.96 bits per heavy atom. The summed E-state index contributed by atoms with van der Waals surface area (Å²) in [4.78, 5) is 19.3. The Kier molecular flexibility index (Phi) is 3.38. The number of hydrogen-bond acceptors (Lipinski definition) is 5. The molecule has 0 saturated carbocycles. The lowest BCUT2D eigenvalue weighted by molar-refractivity contribution is -0.384. The van der Waals surface area contributed by atoms with Gasteiger partial charge in [-0.05, 0) is 17.7 Å². The number of fused-ring (bicyclic) bond motifs is 5. The first-order valence-corrected chi connectivity index (χ1v) is 8.63. The smallest absolute Gasteiger partial charge is 0.269 e. The van der Waals surface area contributed by atoms with Gasteiger partial charge in [0.25, 0.3) is 5.69 Å². The second-order valence-corrected chi connectivity index (χ2v) is 6.61. The Bertz CT molecular complexity index is 1220. The van der Waals surface area contributed by atoms with E-state index in [0.717, 1.165) is 22.2 Å². The first-order chi connectivity index (χ1) is 13.1. The quantitative estimate of drug-likeness (QED) is 0.316. The van der Waals surface area contributed by atoms with Crippen molar-refractivity contribution in [1.82, 2.24) is 14.5 Å². The van der Waals surface area contributed by atoms with E-state index in [1.54, 1.807) is 12.1 Å². The second-order valence-electron chi connectivity index (χ2n) is 6.26. The number of non-ortho nitro benzene ring substituents is 1. The molecule has 7 nitrogen and oxygen atoms in total. The van der Waals surface area contributed by atoms with Gasteiger partial charge in [-0.25, -0.2) is 9.97 Å². The molecule has 4 aromatic rings. The lowest BCUT2D eigenvalue weighted by atomic mass is 10.0. The highest BCUT2D eigenvalue weighted by Gasteiger charge is 2.30. The normalized spacial score (nSPS) is 15.1. The minimum Gasteiger partial charge on any atom is -0.367 e. The molecule has 0 saturated heterocycles. The third kappa shape index (κ3) is 2.36. The van der Waals surface area contributed by atoms with Gasteiger partial charge >= 0.3 is 0 Å². The molecule has 132 valence electrons. The van der Waals surface area contributed by atoms with Crippen LogP contribution in [0.2, 0.25) is 5.15 Å². The number of nitro benzene ring substituents is 1. The first kappa shape index (κ1) is 15.8. The van der Waals surface area contributed by atoms with E-state index < -0.39 is 4.92 Å². The minimum atomic E-state index is -0.397. The maximum Gasteiger partial charge on any atom is 0.269 e. The van der Waals surface area contributed by atoms with Gasteiger partial charge in [-0.3, -0.25) is 14.7 Å². The third-order valence-electron chi connectivity index (χ3n) is 4.73. The average molecular weight is 378 g/mol. The van der Waals surface area contributed by atoms with Crippen LogP contribution in [0.3, 0.4) is 0 Å². The van der Waals surface area contributed by atoms with E-state index >= 15 is 0 Å². The number of aromatic nitrogens is 3. The lowest BCUT2D eigenvalue weighted by Gasteiger charge is -2.29. The standard InChI is InChI=1S/C19H12ClN5O2/c20-18-17-19(22-10-21-18)24-14-7-2-1-4-11(14)9-15(24)16(23-17)12-5-3-6-13(8-12)25(26)27/h1-10,16,23H. The Morgan fingerprint density at radius 3 is 2.81 bits per heavy atom. The molecule has 3 heterocycles. The SMILES string of the molecule is O=[N+]([O-])c1cccc(C2Nc3c(Cl)ncnc3-n3c2cc2ccccc23)c1. The highest BCUT2D eigenvalue weighted by atomic mass is 35.5. The molecule has 5 rings (SSSR count). The van der Waals surface area contributed by atoms with Crippen molar-refractivity contribution >= 4 is 33.9 Å². The Morgan fingerprint density at radius 1 is 1.11 bits per heavy atom. The van der Waals surface area contributed by atoms with E-state index in [1.807, 2.05) is 34.9 Å². The van der Waals surface area contributed by atoms with Crippen LogP contribution < -0.4 is 5.32 Å². The molecule has 1 unspecified atom stereocenters. The van der Waals surface area contributed by atoms with Gasteiger partial charge in [-0.15, -0.1) is 0 Å². The molecule has 2 aromatic heterocycles. The summed E-state index contributed by atoms with van der Waals surface area (Å²) in [5, 5.41) is 15.9. The van der Waals surface area contributed by atoms with Gasteiger partial charge in [-0.2, -0.15) is 0 Å². The number of anilines is 1. The number of benzene rings is 2. The zero-order chi connectivity index (χ0) is 18.5. The van der Waals surface area contributed by atoms with Crippen LogP contribution in [0.5, 0.6) is 0 Å². The van der Waals surface area contributed by atoms with E-state index in [2.05, 4.69) is 21.4 Å². The Labute approximate surface area is 158 Å². The van der Waals surface area contributed by atoms with Crippen LogP contribution in [0.4, 0.5) is 11.4 Å². The summed E-state index contributed by atoms with van der Waals surface area (Å²) >= 11 is 6.33. The second kappa shape index (κ2) is 5.78. The first-order valence-electron chi connectivity index (χ1n) is 8.25. The van der Waals surface area contributed by atoms with E-state index in [0.29, 0.717) is 16.7 Å². The summed E-state index contributed by atoms with van der Waals surface area (Å²) in [6.07, 6.45) is 1.43. The molecular weight excluding hydrogens is 366 g/mol. The summed E-state index contributed by atoms with van der Waals surface area (Å²) in [5.74, 6) is 0.660. The number of halogens is 1. The van der Waals surface area contributed by atoms with Gasteiger partial charge in [0.05, 0.1) is 22.2 Å². The number of rotatable bonds is 2. The van der Waals surface area contributed by atoms with Gasteiger partial charge in [0.2, 0.25) is 0 Å². The highest BCUT2D eigenvalue weighted by molar-refractivity contribution is 6.32. The number of nitrogens with zero attached hydrogens (tertiary/aromatic N) is 4. The summed E-state index contributed by atoms with van der Waals surface area (Å²) < 4.78 is 2.03. The van der Waals surface area contributed by atoms with Crippen LogP contribution in [-0.4, -0.2) is 19.5 Å². The molecule has 1 N–H and O–H groups in total. The zero-order valence-electron chi connectivity index (χ0n) is 13.8. The van der Waals surface area contributed by atoms with Gasteiger partial charge in [0, 0.05) is 17.5 Å². The summed E-state index contributed by atoms with van der Waals surface area (Å²) in [6, 6.07) is 16.3. The van der Waals surface area contributed by atoms with Crippen molar-refractivity contribution in [3.8, 4) is 5.82 Å². The van der Waals surface area contributed by atoms with Crippen molar-refractivity contribution in [3.05, 3.63) is 87.4 Å². The highest BCUT2D eigenvalue weighted by Crippen LogP contribution is 2.42. The van der Waals surface area contributed by atoms with Gasteiger partial charge < -0.3 is 5.32 Å². The molecule has 0 fully saturated rings. The van der Waals surface area contributed by atoms with Gasteiger partial charge in [0.15, 0.2) is 11.0 Å². The molecule has 0 amide bonds. The fraction of sp³-hybridized carbons (Fsp3) is 0.0526. The summed E-state index contributed by atoms with van der Waals surface area (Å²) in [5.41, 5.74) is 3.32.